The summed E-state index contributed by atoms with van der Waals surface area (Å²) in [5.41, 5.74) is -5.16. The number of hydrogen-bond donors (Lipinski definition) is 2. The van der Waals surface area contributed by atoms with Gasteiger partial charge in [-0.3, -0.25) is 0 Å². The van der Waals surface area contributed by atoms with E-state index < -0.39 is 35.2 Å². The van der Waals surface area contributed by atoms with Gasteiger partial charge < -0.3 is 24.4 Å². The third-order valence-corrected chi connectivity index (χ3v) is 5.40. The summed E-state index contributed by atoms with van der Waals surface area (Å²) < 4.78 is 14.2. The number of carbonyl (C=O) groups is 3. The molecule has 0 unspecified atom stereocenters. The molecule has 0 bridgehead atoms. The Labute approximate surface area is 166 Å². The molecule has 0 aromatic heterocycles. The van der Waals surface area contributed by atoms with Gasteiger partial charge in [0, 0.05) is 6.42 Å². The Bertz CT molecular complexity index is 534. The summed E-state index contributed by atoms with van der Waals surface area (Å²) in [6.07, 6.45) is 8.03. The van der Waals surface area contributed by atoms with Gasteiger partial charge in [-0.05, 0) is 6.42 Å². The molecule has 1 heterocycles. The molecule has 0 spiro atoms. The van der Waals surface area contributed by atoms with Crippen LogP contribution in [-0.4, -0.2) is 59.6 Å². The van der Waals surface area contributed by atoms with E-state index >= 15 is 0 Å². The van der Waals surface area contributed by atoms with Crippen LogP contribution in [-0.2, 0) is 28.6 Å². The van der Waals surface area contributed by atoms with Gasteiger partial charge in [-0.2, -0.15) is 0 Å². The molecule has 1 saturated heterocycles. The Morgan fingerprint density at radius 2 is 1.39 bits per heavy atom. The van der Waals surface area contributed by atoms with Crippen molar-refractivity contribution in [3.8, 4) is 0 Å². The normalized spacial score (nSPS) is 26.8. The monoisotopic (exact) mass is 402 g/mol. The molecule has 0 saturated carbocycles. The van der Waals surface area contributed by atoms with E-state index in [1.165, 1.54) is 32.1 Å². The van der Waals surface area contributed by atoms with Gasteiger partial charge in [0.2, 0.25) is 5.60 Å². The molecule has 1 fully saturated rings. The lowest BCUT2D eigenvalue weighted by Crippen LogP contribution is -2.66. The highest BCUT2D eigenvalue weighted by molar-refractivity contribution is 6.02. The van der Waals surface area contributed by atoms with Crippen molar-refractivity contribution in [1.82, 2.24) is 0 Å². The van der Waals surface area contributed by atoms with Crippen LogP contribution in [0.15, 0.2) is 0 Å². The second-order valence-electron chi connectivity index (χ2n) is 7.33. The maximum atomic E-state index is 12.4. The van der Waals surface area contributed by atoms with Crippen molar-refractivity contribution < 1.29 is 38.8 Å². The Hall–Kier alpha value is -1.67. The van der Waals surface area contributed by atoms with Crippen molar-refractivity contribution in [3.05, 3.63) is 0 Å². The molecule has 0 aromatic rings. The summed E-state index contributed by atoms with van der Waals surface area (Å²) in [4.78, 5) is 36.4. The van der Waals surface area contributed by atoms with Gasteiger partial charge in [0.15, 0.2) is 6.10 Å². The van der Waals surface area contributed by atoms with Gasteiger partial charge in [0.1, 0.15) is 0 Å². The number of hydrogen-bond acceptors (Lipinski definition) is 8. The summed E-state index contributed by atoms with van der Waals surface area (Å²) in [5, 5.41) is 20.8. The third kappa shape index (κ3) is 5.03. The van der Waals surface area contributed by atoms with Crippen LogP contribution in [0.3, 0.4) is 0 Å². The van der Waals surface area contributed by atoms with E-state index in [9.17, 15) is 24.6 Å². The third-order valence-electron chi connectivity index (χ3n) is 5.40. The highest BCUT2D eigenvalue weighted by Crippen LogP contribution is 2.43. The first-order valence-electron chi connectivity index (χ1n) is 10.1. The Morgan fingerprint density at radius 3 is 1.86 bits per heavy atom. The smallest absolute Gasteiger partial charge is 0.354 e. The molecule has 162 valence electrons. The first-order chi connectivity index (χ1) is 13.3. The lowest BCUT2D eigenvalue weighted by Gasteiger charge is -2.35. The van der Waals surface area contributed by atoms with Crippen LogP contribution < -0.4 is 0 Å². The predicted molar refractivity (Wildman–Crippen MR) is 100 cm³/mol. The summed E-state index contributed by atoms with van der Waals surface area (Å²) >= 11 is 0. The fraction of sp³-hybridized carbons (Fsp3) is 0.850. The zero-order chi connectivity index (χ0) is 21.2. The fourth-order valence-corrected chi connectivity index (χ4v) is 3.70. The molecular formula is C20H34O8. The Morgan fingerprint density at radius 1 is 0.929 bits per heavy atom. The average molecular weight is 402 g/mol. The molecule has 0 aromatic carbocycles. The minimum Gasteiger partial charge on any atom is -0.467 e. The molecule has 1 aliphatic rings. The van der Waals surface area contributed by atoms with Crippen LogP contribution in [0.2, 0.25) is 0 Å². The van der Waals surface area contributed by atoms with Crippen molar-refractivity contribution in [1.29, 1.82) is 0 Å². The van der Waals surface area contributed by atoms with E-state index in [0.29, 0.717) is 6.42 Å². The predicted octanol–water partition coefficient (Wildman–Crippen LogP) is 2.03. The van der Waals surface area contributed by atoms with E-state index in [-0.39, 0.29) is 6.42 Å². The molecule has 3 atom stereocenters. The number of ether oxygens (including phenoxy) is 3. The highest BCUT2D eigenvalue weighted by Gasteiger charge is 2.75. The zero-order valence-corrected chi connectivity index (χ0v) is 17.2. The lowest BCUT2D eigenvalue weighted by molar-refractivity contribution is -0.207. The van der Waals surface area contributed by atoms with Crippen molar-refractivity contribution in [3.63, 3.8) is 0 Å². The number of aliphatic hydroxyl groups excluding tert-OH is 1. The molecule has 1 rings (SSSR count). The summed E-state index contributed by atoms with van der Waals surface area (Å²) in [7, 11) is 2.04. The van der Waals surface area contributed by atoms with E-state index in [2.05, 4.69) is 16.4 Å². The van der Waals surface area contributed by atoms with E-state index in [0.717, 1.165) is 39.9 Å². The second kappa shape index (κ2) is 11.4. The fourth-order valence-electron chi connectivity index (χ4n) is 3.70. The molecule has 8 nitrogen and oxygen atoms in total. The molecule has 2 N–H and O–H groups in total. The van der Waals surface area contributed by atoms with Crippen LogP contribution in [0.5, 0.6) is 0 Å². The Balaban J connectivity index is 2.65. The molecule has 0 amide bonds. The molecule has 0 radical (unpaired) electrons. The van der Waals surface area contributed by atoms with E-state index in [4.69, 9.17) is 4.74 Å². The SMILES string of the molecule is CCCCCCCCCCCC[C@@]1(C(=O)OC)OC(=O)[C@@H](O)[C@]1(O)C(=O)OC. The van der Waals surface area contributed by atoms with Crippen LogP contribution >= 0.6 is 0 Å². The summed E-state index contributed by atoms with van der Waals surface area (Å²) in [5.74, 6) is -3.67. The van der Waals surface area contributed by atoms with Gasteiger partial charge in [-0.15, -0.1) is 0 Å². The first kappa shape index (κ1) is 24.4. The topological polar surface area (TPSA) is 119 Å². The second-order valence-corrected chi connectivity index (χ2v) is 7.33. The maximum Gasteiger partial charge on any atom is 0.354 e. The van der Waals surface area contributed by atoms with Crippen molar-refractivity contribution in [2.24, 2.45) is 0 Å². The summed E-state index contributed by atoms with van der Waals surface area (Å²) in [6, 6.07) is 0. The largest absolute Gasteiger partial charge is 0.467 e. The van der Waals surface area contributed by atoms with Gasteiger partial charge >= 0.3 is 17.9 Å². The minimum atomic E-state index is -2.84. The molecule has 0 aliphatic carbocycles. The number of aliphatic hydroxyl groups is 2. The number of carbonyl (C=O) groups excluding carboxylic acids is 3. The van der Waals surface area contributed by atoms with Crippen LogP contribution in [0.4, 0.5) is 0 Å². The molecule has 28 heavy (non-hydrogen) atoms. The molecular weight excluding hydrogens is 368 g/mol. The Kier molecular flexibility index (Phi) is 9.89. The zero-order valence-electron chi connectivity index (χ0n) is 17.2. The van der Waals surface area contributed by atoms with E-state index in [1.807, 2.05) is 0 Å². The van der Waals surface area contributed by atoms with Crippen molar-refractivity contribution in [2.45, 2.75) is 94.9 Å². The molecule has 8 heteroatoms. The number of cyclic esters (lactones) is 1. The first-order valence-corrected chi connectivity index (χ1v) is 10.1. The quantitative estimate of drug-likeness (QED) is 0.273. The lowest BCUT2D eigenvalue weighted by atomic mass is 9.77. The van der Waals surface area contributed by atoms with Crippen molar-refractivity contribution >= 4 is 17.9 Å². The number of esters is 3. The van der Waals surface area contributed by atoms with Crippen LogP contribution in [0.25, 0.3) is 0 Å². The van der Waals surface area contributed by atoms with Gasteiger partial charge in [0.05, 0.1) is 14.2 Å². The number of methoxy groups -OCH3 is 2. The van der Waals surface area contributed by atoms with Crippen molar-refractivity contribution in [2.75, 3.05) is 14.2 Å². The minimum absolute atomic E-state index is 0.148. The van der Waals surface area contributed by atoms with Crippen LogP contribution in [0, 0.1) is 0 Å². The number of rotatable bonds is 13. The highest BCUT2D eigenvalue weighted by atomic mass is 16.6. The average Bonchev–Trinajstić information content (AvgIpc) is 2.90. The number of unbranched alkanes of at least 4 members (excludes halogenated alkanes) is 9. The van der Waals surface area contributed by atoms with Crippen LogP contribution in [0.1, 0.15) is 77.6 Å². The summed E-state index contributed by atoms with van der Waals surface area (Å²) in [6.45, 7) is 2.18. The standard InChI is InChI=1S/C20H34O8/c1-4-5-6-7-8-9-10-11-12-13-14-19(17(23)26-2)20(25,18(24)27-3)15(21)16(22)28-19/h15,21,25H,4-14H2,1-3H3/t15-,19+,20+/m1/s1. The molecule has 1 aliphatic heterocycles. The maximum absolute atomic E-state index is 12.4. The van der Waals surface area contributed by atoms with Gasteiger partial charge in [0.25, 0.3) is 5.60 Å². The van der Waals surface area contributed by atoms with Gasteiger partial charge in [-0.25, -0.2) is 14.4 Å². The van der Waals surface area contributed by atoms with Gasteiger partial charge in [-0.1, -0.05) is 64.7 Å². The van der Waals surface area contributed by atoms with E-state index in [1.54, 1.807) is 0 Å².